The molecular formula is C19H24N2O3S. The van der Waals surface area contributed by atoms with Gasteiger partial charge in [-0.15, -0.1) is 0 Å². The minimum absolute atomic E-state index is 0.186. The van der Waals surface area contributed by atoms with Crippen LogP contribution in [0.15, 0.2) is 59.5 Å². The van der Waals surface area contributed by atoms with Crippen LogP contribution >= 0.6 is 0 Å². The van der Waals surface area contributed by atoms with E-state index in [1.165, 1.54) is 4.31 Å². The number of hydrogen-bond acceptors (Lipinski definition) is 3. The second-order valence-electron chi connectivity index (χ2n) is 5.94. The minimum Gasteiger partial charge on any atom is -0.348 e. The molecule has 0 aliphatic heterocycles. The van der Waals surface area contributed by atoms with Crippen LogP contribution in [-0.4, -0.2) is 31.7 Å². The van der Waals surface area contributed by atoms with E-state index < -0.39 is 10.0 Å². The molecule has 6 heteroatoms. The van der Waals surface area contributed by atoms with Gasteiger partial charge < -0.3 is 5.32 Å². The molecule has 0 saturated carbocycles. The SMILES string of the molecule is CCN(CC(=O)N[C@H](C)c1ccccc1)S(=O)(=O)c1ccc(C)cc1. The molecule has 134 valence electrons. The normalized spacial score (nSPS) is 12.8. The Labute approximate surface area is 149 Å². The Morgan fingerprint density at radius 1 is 1.08 bits per heavy atom. The maximum Gasteiger partial charge on any atom is 0.243 e. The third-order valence-electron chi connectivity index (χ3n) is 4.01. The van der Waals surface area contributed by atoms with Gasteiger partial charge in [-0.2, -0.15) is 4.31 Å². The fourth-order valence-corrected chi connectivity index (χ4v) is 3.90. The van der Waals surface area contributed by atoms with Crippen LogP contribution in [0.2, 0.25) is 0 Å². The maximum atomic E-state index is 12.7. The van der Waals surface area contributed by atoms with Crippen LogP contribution in [0, 0.1) is 6.92 Å². The Morgan fingerprint density at radius 2 is 1.68 bits per heavy atom. The number of benzene rings is 2. The van der Waals surface area contributed by atoms with Crippen molar-refractivity contribution in [2.24, 2.45) is 0 Å². The number of rotatable bonds is 7. The number of carbonyl (C=O) groups is 1. The monoisotopic (exact) mass is 360 g/mol. The fraction of sp³-hybridized carbons (Fsp3) is 0.316. The van der Waals surface area contributed by atoms with Gasteiger partial charge in [0.25, 0.3) is 0 Å². The molecule has 0 aromatic heterocycles. The largest absolute Gasteiger partial charge is 0.348 e. The van der Waals surface area contributed by atoms with Gasteiger partial charge in [0.1, 0.15) is 0 Å². The highest BCUT2D eigenvalue weighted by molar-refractivity contribution is 7.89. The van der Waals surface area contributed by atoms with Gasteiger partial charge in [0.15, 0.2) is 0 Å². The molecular weight excluding hydrogens is 336 g/mol. The third-order valence-corrected chi connectivity index (χ3v) is 5.94. The number of amides is 1. The fourth-order valence-electron chi connectivity index (χ4n) is 2.50. The van der Waals surface area contributed by atoms with Crippen molar-refractivity contribution in [1.82, 2.24) is 9.62 Å². The van der Waals surface area contributed by atoms with Crippen LogP contribution < -0.4 is 5.32 Å². The first-order valence-electron chi connectivity index (χ1n) is 8.25. The maximum absolute atomic E-state index is 12.7. The number of carbonyl (C=O) groups excluding carboxylic acids is 1. The summed E-state index contributed by atoms with van der Waals surface area (Å²) >= 11 is 0. The second-order valence-corrected chi connectivity index (χ2v) is 7.88. The van der Waals surface area contributed by atoms with E-state index in [1.807, 2.05) is 44.2 Å². The Kier molecular flexibility index (Phi) is 6.33. The number of sulfonamides is 1. The zero-order valence-electron chi connectivity index (χ0n) is 14.8. The molecule has 0 bridgehead atoms. The van der Waals surface area contributed by atoms with E-state index in [1.54, 1.807) is 31.2 Å². The molecule has 1 amide bonds. The number of hydrogen-bond donors (Lipinski definition) is 1. The summed E-state index contributed by atoms with van der Waals surface area (Å²) in [5.74, 6) is -0.325. The molecule has 2 aromatic carbocycles. The van der Waals surface area contributed by atoms with Gasteiger partial charge in [-0.1, -0.05) is 55.0 Å². The quantitative estimate of drug-likeness (QED) is 0.826. The van der Waals surface area contributed by atoms with Crippen molar-refractivity contribution < 1.29 is 13.2 Å². The lowest BCUT2D eigenvalue weighted by Crippen LogP contribution is -2.41. The molecule has 1 atom stereocenters. The average molecular weight is 360 g/mol. The molecule has 2 aromatic rings. The Morgan fingerprint density at radius 3 is 2.24 bits per heavy atom. The first-order valence-corrected chi connectivity index (χ1v) is 9.69. The molecule has 0 aliphatic carbocycles. The predicted octanol–water partition coefficient (Wildman–Crippen LogP) is 2.88. The molecule has 0 fully saturated rings. The first-order chi connectivity index (χ1) is 11.8. The third kappa shape index (κ3) is 4.90. The van der Waals surface area contributed by atoms with Crippen molar-refractivity contribution >= 4 is 15.9 Å². The van der Waals surface area contributed by atoms with E-state index in [2.05, 4.69) is 5.32 Å². The Hall–Kier alpha value is -2.18. The van der Waals surface area contributed by atoms with Gasteiger partial charge in [-0.25, -0.2) is 8.42 Å². The molecule has 0 aliphatic rings. The first kappa shape index (κ1) is 19.1. The molecule has 5 nitrogen and oxygen atoms in total. The summed E-state index contributed by atoms with van der Waals surface area (Å²) in [4.78, 5) is 12.5. The molecule has 0 heterocycles. The van der Waals surface area contributed by atoms with Crippen molar-refractivity contribution in [2.45, 2.75) is 31.7 Å². The summed E-state index contributed by atoms with van der Waals surface area (Å²) in [7, 11) is -3.69. The number of nitrogens with zero attached hydrogens (tertiary/aromatic N) is 1. The summed E-state index contributed by atoms with van der Waals surface area (Å²) in [5, 5.41) is 2.85. The highest BCUT2D eigenvalue weighted by Crippen LogP contribution is 2.16. The highest BCUT2D eigenvalue weighted by atomic mass is 32.2. The number of likely N-dealkylation sites (N-methyl/N-ethyl adjacent to an activating group) is 1. The number of nitrogens with one attached hydrogen (secondary N) is 1. The van der Waals surface area contributed by atoms with Crippen LogP contribution in [0.25, 0.3) is 0 Å². The highest BCUT2D eigenvalue weighted by Gasteiger charge is 2.25. The zero-order chi connectivity index (χ0) is 18.4. The van der Waals surface area contributed by atoms with Crippen LogP contribution in [-0.2, 0) is 14.8 Å². The van der Waals surface area contributed by atoms with Gasteiger partial charge >= 0.3 is 0 Å². The van der Waals surface area contributed by atoms with Gasteiger partial charge in [-0.05, 0) is 31.5 Å². The van der Waals surface area contributed by atoms with E-state index in [9.17, 15) is 13.2 Å². The van der Waals surface area contributed by atoms with E-state index >= 15 is 0 Å². The zero-order valence-corrected chi connectivity index (χ0v) is 15.6. The molecule has 1 N–H and O–H groups in total. The van der Waals surface area contributed by atoms with Gasteiger partial charge in [0.2, 0.25) is 15.9 Å². The number of aryl methyl sites for hydroxylation is 1. The summed E-state index contributed by atoms with van der Waals surface area (Å²) in [6.07, 6.45) is 0. The summed E-state index contributed by atoms with van der Waals surface area (Å²) in [6.45, 7) is 5.51. The average Bonchev–Trinajstić information content (AvgIpc) is 2.60. The second kappa shape index (κ2) is 8.27. The van der Waals surface area contributed by atoms with Crippen LogP contribution in [0.4, 0.5) is 0 Å². The van der Waals surface area contributed by atoms with E-state index in [0.29, 0.717) is 0 Å². The van der Waals surface area contributed by atoms with Crippen molar-refractivity contribution in [3.63, 3.8) is 0 Å². The lowest BCUT2D eigenvalue weighted by atomic mass is 10.1. The molecule has 2 rings (SSSR count). The molecule has 0 unspecified atom stereocenters. The lowest BCUT2D eigenvalue weighted by molar-refractivity contribution is -0.121. The Bertz CT molecular complexity index is 802. The van der Waals surface area contributed by atoms with E-state index in [4.69, 9.17) is 0 Å². The van der Waals surface area contributed by atoms with Crippen LogP contribution in [0.1, 0.15) is 31.0 Å². The molecule has 25 heavy (non-hydrogen) atoms. The molecule has 0 radical (unpaired) electrons. The molecule has 0 spiro atoms. The van der Waals surface area contributed by atoms with Crippen molar-refractivity contribution in [2.75, 3.05) is 13.1 Å². The van der Waals surface area contributed by atoms with Gasteiger partial charge in [0, 0.05) is 6.54 Å². The van der Waals surface area contributed by atoms with Crippen LogP contribution in [0.5, 0.6) is 0 Å². The predicted molar refractivity (Wildman–Crippen MR) is 98.6 cm³/mol. The van der Waals surface area contributed by atoms with Gasteiger partial charge in [-0.3, -0.25) is 4.79 Å². The topological polar surface area (TPSA) is 66.5 Å². The molecule has 0 saturated heterocycles. The minimum atomic E-state index is -3.69. The van der Waals surface area contributed by atoms with E-state index in [0.717, 1.165) is 11.1 Å². The summed E-state index contributed by atoms with van der Waals surface area (Å²) < 4.78 is 26.6. The lowest BCUT2D eigenvalue weighted by Gasteiger charge is -2.22. The van der Waals surface area contributed by atoms with Crippen molar-refractivity contribution in [3.8, 4) is 0 Å². The van der Waals surface area contributed by atoms with Gasteiger partial charge in [0.05, 0.1) is 17.5 Å². The van der Waals surface area contributed by atoms with Crippen LogP contribution in [0.3, 0.4) is 0 Å². The van der Waals surface area contributed by atoms with Crippen molar-refractivity contribution in [1.29, 1.82) is 0 Å². The van der Waals surface area contributed by atoms with Crippen molar-refractivity contribution in [3.05, 3.63) is 65.7 Å². The summed E-state index contributed by atoms with van der Waals surface area (Å²) in [6, 6.07) is 16.0. The Balaban J connectivity index is 2.08. The smallest absolute Gasteiger partial charge is 0.243 e. The van der Waals surface area contributed by atoms with E-state index in [-0.39, 0.29) is 29.9 Å². The standard InChI is InChI=1S/C19H24N2O3S/c1-4-21(25(23,24)18-12-10-15(2)11-13-18)14-19(22)20-16(3)17-8-6-5-7-9-17/h5-13,16H,4,14H2,1-3H3,(H,20,22)/t16-/m1/s1. The summed E-state index contributed by atoms with van der Waals surface area (Å²) in [5.41, 5.74) is 1.96.